The molecule has 6 nitrogen and oxygen atoms in total. The van der Waals surface area contributed by atoms with Crippen molar-refractivity contribution in [3.05, 3.63) is 54.7 Å². The van der Waals surface area contributed by atoms with Crippen molar-refractivity contribution < 1.29 is 17.9 Å². The molecule has 0 saturated carbocycles. The predicted molar refractivity (Wildman–Crippen MR) is 115 cm³/mol. The van der Waals surface area contributed by atoms with Crippen molar-refractivity contribution in [1.82, 2.24) is 4.57 Å². The number of ether oxygens (including phenoxy) is 1. The third kappa shape index (κ3) is 4.79. The summed E-state index contributed by atoms with van der Waals surface area (Å²) in [6, 6.07) is 13.9. The highest BCUT2D eigenvalue weighted by Crippen LogP contribution is 2.22. The van der Waals surface area contributed by atoms with Crippen molar-refractivity contribution in [2.24, 2.45) is 5.92 Å². The molecule has 0 aliphatic carbocycles. The lowest BCUT2D eigenvalue weighted by atomic mass is 10.2. The molecule has 0 aliphatic heterocycles. The van der Waals surface area contributed by atoms with Crippen molar-refractivity contribution in [2.75, 3.05) is 18.2 Å². The van der Waals surface area contributed by atoms with Crippen molar-refractivity contribution in [3.63, 3.8) is 0 Å². The maximum absolute atomic E-state index is 12.6. The Bertz CT molecular complexity index is 1100. The maximum atomic E-state index is 12.6. The van der Waals surface area contributed by atoms with Crippen LogP contribution in [0.15, 0.2) is 59.6 Å². The molecule has 154 valence electrons. The lowest BCUT2D eigenvalue weighted by Gasteiger charge is -2.13. The molecular weight excluding hydrogens is 388 g/mol. The third-order valence-corrected chi connectivity index (χ3v) is 6.77. The number of rotatable bonds is 8. The topological polar surface area (TPSA) is 77.4 Å². The zero-order valence-electron chi connectivity index (χ0n) is 16.9. The monoisotopic (exact) mass is 414 g/mol. The quantitative estimate of drug-likeness (QED) is 0.602. The standard InChI is InChI=1S/C22H26N2O4S/c1-4-12-24-13-11-17-14-18(5-10-21(17)24)23-22(25)16(2)15-29(26,27)20-8-6-19(28-3)7-9-20/h5-11,13-14,16H,4,12,15H2,1-3H3,(H,23,25). The Hall–Kier alpha value is -2.80. The minimum atomic E-state index is -3.58. The summed E-state index contributed by atoms with van der Waals surface area (Å²) in [6.45, 7) is 4.68. The van der Waals surface area contributed by atoms with Gasteiger partial charge < -0.3 is 14.6 Å². The number of fused-ring (bicyclic) bond motifs is 1. The Morgan fingerprint density at radius 3 is 2.52 bits per heavy atom. The summed E-state index contributed by atoms with van der Waals surface area (Å²) in [6.07, 6.45) is 3.08. The second-order valence-electron chi connectivity index (χ2n) is 7.13. The molecule has 1 heterocycles. The molecule has 1 unspecified atom stereocenters. The Labute approximate surface area is 171 Å². The van der Waals surface area contributed by atoms with Gasteiger partial charge in [-0.15, -0.1) is 0 Å². The minimum Gasteiger partial charge on any atom is -0.497 e. The average Bonchev–Trinajstić information content (AvgIpc) is 3.10. The number of sulfone groups is 1. The smallest absolute Gasteiger partial charge is 0.228 e. The van der Waals surface area contributed by atoms with Crippen LogP contribution in [0.1, 0.15) is 20.3 Å². The lowest BCUT2D eigenvalue weighted by Crippen LogP contribution is -2.27. The van der Waals surface area contributed by atoms with Gasteiger partial charge in [0, 0.05) is 35.2 Å². The summed E-state index contributed by atoms with van der Waals surface area (Å²) >= 11 is 0. The van der Waals surface area contributed by atoms with Crippen LogP contribution in [-0.2, 0) is 21.2 Å². The molecule has 7 heteroatoms. The first-order valence-corrected chi connectivity index (χ1v) is 11.3. The van der Waals surface area contributed by atoms with Gasteiger partial charge in [-0.25, -0.2) is 8.42 Å². The number of hydrogen-bond acceptors (Lipinski definition) is 4. The van der Waals surface area contributed by atoms with Crippen LogP contribution >= 0.6 is 0 Å². The summed E-state index contributed by atoms with van der Waals surface area (Å²) in [4.78, 5) is 12.7. The molecule has 2 aromatic carbocycles. The van der Waals surface area contributed by atoms with Gasteiger partial charge in [-0.1, -0.05) is 13.8 Å². The van der Waals surface area contributed by atoms with Gasteiger partial charge in [0.15, 0.2) is 9.84 Å². The Morgan fingerprint density at radius 2 is 1.86 bits per heavy atom. The first-order chi connectivity index (χ1) is 13.8. The van der Waals surface area contributed by atoms with Gasteiger partial charge in [-0.3, -0.25) is 4.79 Å². The molecule has 1 amide bonds. The van der Waals surface area contributed by atoms with E-state index < -0.39 is 15.8 Å². The Morgan fingerprint density at radius 1 is 1.14 bits per heavy atom. The van der Waals surface area contributed by atoms with Crippen LogP contribution in [-0.4, -0.2) is 31.8 Å². The number of benzene rings is 2. The number of carbonyl (C=O) groups excluding carboxylic acids is 1. The summed E-state index contributed by atoms with van der Waals surface area (Å²) < 4.78 is 32.5. The van der Waals surface area contributed by atoms with Gasteiger partial charge in [-0.05, 0) is 55.0 Å². The van der Waals surface area contributed by atoms with Crippen LogP contribution in [0.25, 0.3) is 10.9 Å². The molecule has 1 N–H and O–H groups in total. The molecule has 29 heavy (non-hydrogen) atoms. The highest BCUT2D eigenvalue weighted by Gasteiger charge is 2.23. The van der Waals surface area contributed by atoms with Crippen molar-refractivity contribution in [1.29, 1.82) is 0 Å². The van der Waals surface area contributed by atoms with Gasteiger partial charge in [-0.2, -0.15) is 0 Å². The predicted octanol–water partition coefficient (Wildman–Crippen LogP) is 4.11. The first kappa shape index (κ1) is 20.9. The summed E-state index contributed by atoms with van der Waals surface area (Å²) in [5, 5.41) is 3.87. The van der Waals surface area contributed by atoms with E-state index in [1.807, 2.05) is 30.5 Å². The van der Waals surface area contributed by atoms with E-state index in [1.54, 1.807) is 19.1 Å². The van der Waals surface area contributed by atoms with Gasteiger partial charge in [0.05, 0.1) is 17.8 Å². The third-order valence-electron chi connectivity index (χ3n) is 4.84. The van der Waals surface area contributed by atoms with Crippen LogP contribution in [0, 0.1) is 5.92 Å². The summed E-state index contributed by atoms with van der Waals surface area (Å²) in [7, 11) is -2.06. The fraction of sp³-hybridized carbons (Fsp3) is 0.318. The molecule has 0 bridgehead atoms. The molecule has 0 spiro atoms. The SMILES string of the molecule is CCCn1ccc2cc(NC(=O)C(C)CS(=O)(=O)c3ccc(OC)cc3)ccc21. The van der Waals surface area contributed by atoms with E-state index in [4.69, 9.17) is 4.74 Å². The molecule has 3 aromatic rings. The Kier molecular flexibility index (Phi) is 6.27. The number of aromatic nitrogens is 1. The zero-order chi connectivity index (χ0) is 21.0. The van der Waals surface area contributed by atoms with E-state index in [0.29, 0.717) is 11.4 Å². The number of aryl methyl sites for hydroxylation is 1. The second kappa shape index (κ2) is 8.69. The molecule has 0 radical (unpaired) electrons. The van der Waals surface area contributed by atoms with Gasteiger partial charge in [0.2, 0.25) is 5.91 Å². The molecule has 1 aromatic heterocycles. The van der Waals surface area contributed by atoms with E-state index in [-0.39, 0.29) is 16.6 Å². The van der Waals surface area contributed by atoms with E-state index in [0.717, 1.165) is 23.9 Å². The molecule has 0 saturated heterocycles. The van der Waals surface area contributed by atoms with Crippen LogP contribution in [0.5, 0.6) is 5.75 Å². The van der Waals surface area contributed by atoms with Crippen molar-refractivity contribution in [3.8, 4) is 5.75 Å². The second-order valence-corrected chi connectivity index (χ2v) is 9.16. The average molecular weight is 415 g/mol. The molecular formula is C22H26N2O4S. The van der Waals surface area contributed by atoms with E-state index in [2.05, 4.69) is 16.8 Å². The number of nitrogens with one attached hydrogen (secondary N) is 1. The highest BCUT2D eigenvalue weighted by atomic mass is 32.2. The number of methoxy groups -OCH3 is 1. The van der Waals surface area contributed by atoms with E-state index in [9.17, 15) is 13.2 Å². The minimum absolute atomic E-state index is 0.177. The number of hydrogen-bond donors (Lipinski definition) is 1. The lowest BCUT2D eigenvalue weighted by molar-refractivity contribution is -0.118. The molecule has 3 rings (SSSR count). The number of carbonyl (C=O) groups is 1. The summed E-state index contributed by atoms with van der Waals surface area (Å²) in [5.74, 6) is -0.699. The number of anilines is 1. The number of amides is 1. The fourth-order valence-electron chi connectivity index (χ4n) is 3.26. The maximum Gasteiger partial charge on any atom is 0.228 e. The van der Waals surface area contributed by atoms with Crippen LogP contribution in [0.3, 0.4) is 0 Å². The molecule has 1 atom stereocenters. The number of nitrogens with zero attached hydrogens (tertiary/aromatic N) is 1. The van der Waals surface area contributed by atoms with Crippen LogP contribution in [0.2, 0.25) is 0 Å². The zero-order valence-corrected chi connectivity index (χ0v) is 17.7. The largest absolute Gasteiger partial charge is 0.497 e. The van der Waals surface area contributed by atoms with E-state index >= 15 is 0 Å². The summed E-state index contributed by atoms with van der Waals surface area (Å²) in [5.41, 5.74) is 1.77. The van der Waals surface area contributed by atoms with Gasteiger partial charge >= 0.3 is 0 Å². The van der Waals surface area contributed by atoms with Gasteiger partial charge in [0.1, 0.15) is 5.75 Å². The van der Waals surface area contributed by atoms with Crippen LogP contribution in [0.4, 0.5) is 5.69 Å². The molecule has 0 aliphatic rings. The fourth-order valence-corrected chi connectivity index (χ4v) is 4.82. The van der Waals surface area contributed by atoms with Gasteiger partial charge in [0.25, 0.3) is 0 Å². The first-order valence-electron chi connectivity index (χ1n) is 9.60. The van der Waals surface area contributed by atoms with Crippen molar-refractivity contribution >= 4 is 32.3 Å². The highest BCUT2D eigenvalue weighted by molar-refractivity contribution is 7.91. The molecule has 0 fully saturated rings. The normalized spacial score (nSPS) is 12.7. The van der Waals surface area contributed by atoms with Crippen molar-refractivity contribution in [2.45, 2.75) is 31.7 Å². The Balaban J connectivity index is 1.68. The van der Waals surface area contributed by atoms with E-state index in [1.165, 1.54) is 19.2 Å². The van der Waals surface area contributed by atoms with Crippen LogP contribution < -0.4 is 10.1 Å².